The second kappa shape index (κ2) is 6.80. The topological polar surface area (TPSA) is 41.3 Å². The summed E-state index contributed by atoms with van der Waals surface area (Å²) in [6.07, 6.45) is 4.04. The van der Waals surface area contributed by atoms with Crippen molar-refractivity contribution in [2.45, 2.75) is 71.6 Å². The molecule has 0 bridgehead atoms. The van der Waals surface area contributed by atoms with E-state index in [9.17, 15) is 5.11 Å². The predicted octanol–water partition coefficient (Wildman–Crippen LogP) is 3.14. The van der Waals surface area contributed by atoms with Crippen molar-refractivity contribution in [2.75, 3.05) is 13.1 Å². The van der Waals surface area contributed by atoms with E-state index in [0.29, 0.717) is 6.42 Å². The van der Waals surface area contributed by atoms with Gasteiger partial charge in [-0.05, 0) is 69.6 Å². The number of piperidine rings is 1. The summed E-state index contributed by atoms with van der Waals surface area (Å²) in [6.45, 7) is 11.4. The van der Waals surface area contributed by atoms with Crippen LogP contribution in [-0.2, 0) is 13.0 Å². The van der Waals surface area contributed by atoms with Gasteiger partial charge in [-0.15, -0.1) is 0 Å². The molecule has 1 aliphatic heterocycles. The van der Waals surface area contributed by atoms with Crippen LogP contribution < -0.4 is 0 Å². The van der Waals surface area contributed by atoms with Gasteiger partial charge in [-0.1, -0.05) is 6.42 Å². The molecule has 0 amide bonds. The Morgan fingerprint density at radius 1 is 1.29 bits per heavy atom. The largest absolute Gasteiger partial charge is 0.391 e. The van der Waals surface area contributed by atoms with Crippen LogP contribution in [0, 0.1) is 6.92 Å². The van der Waals surface area contributed by atoms with Crippen LogP contribution in [0.1, 0.15) is 51.4 Å². The molecule has 0 aromatic carbocycles. The van der Waals surface area contributed by atoms with Crippen molar-refractivity contribution in [3.05, 3.63) is 15.9 Å². The number of halogens is 1. The van der Waals surface area contributed by atoms with Gasteiger partial charge in [0.05, 0.1) is 22.0 Å². The first-order valence-electron chi connectivity index (χ1n) is 8.02. The molecule has 4 nitrogen and oxygen atoms in total. The minimum Gasteiger partial charge on any atom is -0.391 e. The number of aliphatic hydroxyl groups excluding tert-OH is 1. The number of likely N-dealkylation sites (tertiary alicyclic amines) is 1. The predicted molar refractivity (Wildman–Crippen MR) is 89.6 cm³/mol. The van der Waals surface area contributed by atoms with Gasteiger partial charge in [0.15, 0.2) is 0 Å². The van der Waals surface area contributed by atoms with Gasteiger partial charge in [-0.2, -0.15) is 5.10 Å². The van der Waals surface area contributed by atoms with Crippen LogP contribution in [0.5, 0.6) is 0 Å². The molecular formula is C16H28BrN3O. The highest BCUT2D eigenvalue weighted by atomic mass is 79.9. The Morgan fingerprint density at radius 3 is 2.48 bits per heavy atom. The van der Waals surface area contributed by atoms with Gasteiger partial charge in [0, 0.05) is 18.5 Å². The average molecular weight is 358 g/mol. The van der Waals surface area contributed by atoms with Crippen LogP contribution in [0.15, 0.2) is 4.47 Å². The van der Waals surface area contributed by atoms with Gasteiger partial charge in [0.2, 0.25) is 0 Å². The number of hydrogen-bond donors (Lipinski definition) is 1. The van der Waals surface area contributed by atoms with Gasteiger partial charge >= 0.3 is 0 Å². The van der Waals surface area contributed by atoms with Crippen molar-refractivity contribution < 1.29 is 5.11 Å². The number of aliphatic hydroxyl groups is 1. The summed E-state index contributed by atoms with van der Waals surface area (Å²) < 4.78 is 3.03. The minimum atomic E-state index is -0.395. The molecule has 1 aliphatic rings. The lowest BCUT2D eigenvalue weighted by atomic mass is 9.89. The van der Waals surface area contributed by atoms with Crippen LogP contribution in [0.3, 0.4) is 0 Å². The van der Waals surface area contributed by atoms with E-state index >= 15 is 0 Å². The summed E-state index contributed by atoms with van der Waals surface area (Å²) in [7, 11) is 0. The number of rotatable bonds is 5. The molecule has 1 atom stereocenters. The number of aryl methyl sites for hydroxylation is 2. The molecule has 2 heterocycles. The first-order chi connectivity index (χ1) is 9.87. The van der Waals surface area contributed by atoms with Crippen molar-refractivity contribution in [3.8, 4) is 0 Å². The monoisotopic (exact) mass is 357 g/mol. The average Bonchev–Trinajstić information content (AvgIpc) is 2.75. The lowest BCUT2D eigenvalue weighted by molar-refractivity contribution is -0.0196. The Hall–Kier alpha value is -0.390. The highest BCUT2D eigenvalue weighted by Crippen LogP contribution is 2.29. The highest BCUT2D eigenvalue weighted by molar-refractivity contribution is 9.10. The molecule has 0 saturated carbocycles. The Morgan fingerprint density at radius 2 is 1.90 bits per heavy atom. The number of aromatic nitrogens is 2. The van der Waals surface area contributed by atoms with Crippen molar-refractivity contribution in [1.29, 1.82) is 0 Å². The fourth-order valence-corrected chi connectivity index (χ4v) is 3.62. The van der Waals surface area contributed by atoms with E-state index in [-0.39, 0.29) is 5.54 Å². The molecule has 0 radical (unpaired) electrons. The molecule has 2 rings (SSSR count). The number of hydrogen-bond acceptors (Lipinski definition) is 3. The van der Waals surface area contributed by atoms with E-state index in [1.165, 1.54) is 19.3 Å². The van der Waals surface area contributed by atoms with Crippen molar-refractivity contribution in [3.63, 3.8) is 0 Å². The molecule has 5 heteroatoms. The summed E-state index contributed by atoms with van der Waals surface area (Å²) >= 11 is 3.63. The van der Waals surface area contributed by atoms with Crippen LogP contribution in [0.25, 0.3) is 0 Å². The molecule has 1 N–H and O–H groups in total. The number of nitrogens with zero attached hydrogens (tertiary/aromatic N) is 3. The van der Waals surface area contributed by atoms with Crippen LogP contribution in [0.2, 0.25) is 0 Å². The lowest BCUT2D eigenvalue weighted by Crippen LogP contribution is -2.55. The van der Waals surface area contributed by atoms with E-state index in [1.54, 1.807) is 0 Å². The van der Waals surface area contributed by atoms with E-state index in [0.717, 1.165) is 35.5 Å². The maximum absolute atomic E-state index is 10.8. The maximum atomic E-state index is 10.8. The SMILES string of the molecule is CCn1nc(C)c(Br)c1CC(O)C(C)(C)N1CCCCC1. The molecule has 0 aliphatic carbocycles. The van der Waals surface area contributed by atoms with Crippen LogP contribution in [0.4, 0.5) is 0 Å². The zero-order valence-electron chi connectivity index (χ0n) is 13.7. The third kappa shape index (κ3) is 3.51. The van der Waals surface area contributed by atoms with Crippen molar-refractivity contribution >= 4 is 15.9 Å². The first-order valence-corrected chi connectivity index (χ1v) is 8.82. The van der Waals surface area contributed by atoms with Crippen LogP contribution in [-0.4, -0.2) is 44.5 Å². The van der Waals surface area contributed by atoms with E-state index in [4.69, 9.17) is 0 Å². The van der Waals surface area contributed by atoms with Crippen molar-refractivity contribution in [1.82, 2.24) is 14.7 Å². The molecule has 1 unspecified atom stereocenters. The summed E-state index contributed by atoms with van der Waals surface area (Å²) in [4.78, 5) is 2.44. The zero-order valence-corrected chi connectivity index (χ0v) is 15.3. The molecule has 1 saturated heterocycles. The summed E-state index contributed by atoms with van der Waals surface area (Å²) in [5.41, 5.74) is 1.90. The fourth-order valence-electron chi connectivity index (χ4n) is 3.18. The molecular weight excluding hydrogens is 330 g/mol. The quantitative estimate of drug-likeness (QED) is 0.879. The smallest absolute Gasteiger partial charge is 0.0774 e. The zero-order chi connectivity index (χ0) is 15.6. The second-order valence-corrected chi connectivity index (χ2v) is 7.38. The van der Waals surface area contributed by atoms with Gasteiger partial charge < -0.3 is 5.11 Å². The molecule has 0 spiro atoms. The molecule has 1 fully saturated rings. The van der Waals surface area contributed by atoms with Crippen molar-refractivity contribution in [2.24, 2.45) is 0 Å². The summed E-state index contributed by atoms with van der Waals surface area (Å²) in [6, 6.07) is 0. The maximum Gasteiger partial charge on any atom is 0.0774 e. The Balaban J connectivity index is 2.14. The molecule has 1 aromatic heterocycles. The van der Waals surface area contributed by atoms with Gasteiger partial charge in [-0.25, -0.2) is 0 Å². The normalized spacial score (nSPS) is 19.0. The summed E-state index contributed by atoms with van der Waals surface area (Å²) in [5, 5.41) is 15.4. The standard InChI is InChI=1S/C16H28BrN3O/c1-5-20-13(15(17)12(2)18-20)11-14(21)16(3,4)19-9-7-6-8-10-19/h14,21H,5-11H2,1-4H3. The van der Waals surface area contributed by atoms with Gasteiger partial charge in [0.25, 0.3) is 0 Å². The second-order valence-electron chi connectivity index (χ2n) is 6.58. The minimum absolute atomic E-state index is 0.198. The van der Waals surface area contributed by atoms with Gasteiger partial charge in [0.1, 0.15) is 0 Å². The third-order valence-electron chi connectivity index (χ3n) is 4.83. The van der Waals surface area contributed by atoms with E-state index in [2.05, 4.69) is 46.7 Å². The third-order valence-corrected chi connectivity index (χ3v) is 5.86. The molecule has 120 valence electrons. The first kappa shape index (κ1) is 17.0. The van der Waals surface area contributed by atoms with Gasteiger partial charge in [-0.3, -0.25) is 9.58 Å². The summed E-state index contributed by atoms with van der Waals surface area (Å²) in [5.74, 6) is 0. The Kier molecular flexibility index (Phi) is 5.49. The highest BCUT2D eigenvalue weighted by Gasteiger charge is 2.36. The molecule has 21 heavy (non-hydrogen) atoms. The lowest BCUT2D eigenvalue weighted by Gasteiger charge is -2.44. The van der Waals surface area contributed by atoms with E-state index < -0.39 is 6.10 Å². The van der Waals surface area contributed by atoms with Crippen LogP contribution >= 0.6 is 15.9 Å². The van der Waals surface area contributed by atoms with E-state index in [1.807, 2.05) is 11.6 Å². The Labute approximate surface area is 136 Å². The Bertz CT molecular complexity index is 478. The molecule has 1 aromatic rings. The fraction of sp³-hybridized carbons (Fsp3) is 0.812.